The van der Waals surface area contributed by atoms with Crippen LogP contribution in [0.5, 0.6) is 5.75 Å². The molecule has 0 bridgehead atoms. The molecule has 2 N–H and O–H groups in total. The summed E-state index contributed by atoms with van der Waals surface area (Å²) in [5.74, 6) is -0.793. The van der Waals surface area contributed by atoms with Gasteiger partial charge in [-0.25, -0.2) is 4.39 Å². The van der Waals surface area contributed by atoms with Gasteiger partial charge in [0.05, 0.1) is 0 Å². The zero-order valence-corrected chi connectivity index (χ0v) is 14.3. The molecule has 1 amide bonds. The molecule has 3 aromatic carbocycles. The van der Waals surface area contributed by atoms with Crippen LogP contribution in [0, 0.1) is 5.82 Å². The molecule has 0 saturated heterocycles. The number of ether oxygens (including phenoxy) is 1. The second-order valence-corrected chi connectivity index (χ2v) is 5.75. The summed E-state index contributed by atoms with van der Waals surface area (Å²) in [5.41, 5.74) is 2.53. The first kappa shape index (κ1) is 17.5. The van der Waals surface area contributed by atoms with Crippen molar-refractivity contribution in [3.63, 3.8) is 0 Å². The standard InChI is InChI=1S/C21H19FN2O2/c1-15(26-20-10-6-5-9-19(20)22)21(25)24-18-13-11-17(12-14-18)23-16-7-3-2-4-8-16/h2-15,23H,1H3,(H,24,25)/t15-/m1/s1. The van der Waals surface area contributed by atoms with Crippen LogP contribution in [0.3, 0.4) is 0 Å². The fourth-order valence-corrected chi connectivity index (χ4v) is 2.35. The summed E-state index contributed by atoms with van der Waals surface area (Å²) in [6, 6.07) is 23.1. The van der Waals surface area contributed by atoms with Crippen LogP contribution in [0.4, 0.5) is 21.5 Å². The number of benzene rings is 3. The maximum Gasteiger partial charge on any atom is 0.265 e. The van der Waals surface area contributed by atoms with E-state index in [4.69, 9.17) is 4.74 Å². The van der Waals surface area contributed by atoms with Crippen molar-refractivity contribution in [2.75, 3.05) is 10.6 Å². The molecule has 0 saturated carbocycles. The third-order valence-electron chi connectivity index (χ3n) is 3.72. The summed E-state index contributed by atoms with van der Waals surface area (Å²) < 4.78 is 19.0. The number of hydrogen-bond donors (Lipinski definition) is 2. The second kappa shape index (κ2) is 8.16. The normalized spacial score (nSPS) is 11.5. The molecule has 5 heteroatoms. The van der Waals surface area contributed by atoms with Gasteiger partial charge >= 0.3 is 0 Å². The summed E-state index contributed by atoms with van der Waals surface area (Å²) in [5, 5.41) is 6.03. The Labute approximate surface area is 151 Å². The fraction of sp³-hybridized carbons (Fsp3) is 0.0952. The molecule has 3 aromatic rings. The lowest BCUT2D eigenvalue weighted by Gasteiger charge is -2.15. The number of amides is 1. The summed E-state index contributed by atoms with van der Waals surface area (Å²) in [6.07, 6.45) is -0.825. The molecule has 0 fully saturated rings. The van der Waals surface area contributed by atoms with Gasteiger partial charge < -0.3 is 15.4 Å². The monoisotopic (exact) mass is 350 g/mol. The molecule has 0 aliphatic carbocycles. The molecule has 0 aromatic heterocycles. The highest BCUT2D eigenvalue weighted by Crippen LogP contribution is 2.20. The van der Waals surface area contributed by atoms with Crippen molar-refractivity contribution >= 4 is 23.0 Å². The molecule has 0 heterocycles. The van der Waals surface area contributed by atoms with Gasteiger partial charge in [-0.05, 0) is 55.5 Å². The minimum atomic E-state index is -0.825. The van der Waals surface area contributed by atoms with Crippen molar-refractivity contribution in [3.05, 3.63) is 84.7 Å². The third kappa shape index (κ3) is 4.60. The number of halogens is 1. The minimum Gasteiger partial charge on any atom is -0.478 e. The molecule has 4 nitrogen and oxygen atoms in total. The SMILES string of the molecule is C[C@@H](Oc1ccccc1F)C(=O)Nc1ccc(Nc2ccccc2)cc1. The van der Waals surface area contributed by atoms with Crippen LogP contribution in [0.1, 0.15) is 6.92 Å². The topological polar surface area (TPSA) is 50.4 Å². The number of carbonyl (C=O) groups is 1. The molecule has 26 heavy (non-hydrogen) atoms. The molecule has 0 aliphatic rings. The van der Waals surface area contributed by atoms with E-state index >= 15 is 0 Å². The lowest BCUT2D eigenvalue weighted by Crippen LogP contribution is -2.30. The number of anilines is 3. The van der Waals surface area contributed by atoms with Crippen LogP contribution >= 0.6 is 0 Å². The molecule has 3 rings (SSSR count). The number of rotatable bonds is 6. The van der Waals surface area contributed by atoms with E-state index in [9.17, 15) is 9.18 Å². The van der Waals surface area contributed by atoms with Crippen LogP contribution < -0.4 is 15.4 Å². The third-order valence-corrected chi connectivity index (χ3v) is 3.72. The molecule has 0 unspecified atom stereocenters. The van der Waals surface area contributed by atoms with Crippen molar-refractivity contribution < 1.29 is 13.9 Å². The Hall–Kier alpha value is -3.34. The highest BCUT2D eigenvalue weighted by molar-refractivity contribution is 5.94. The van der Waals surface area contributed by atoms with E-state index in [2.05, 4.69) is 10.6 Å². The zero-order chi connectivity index (χ0) is 18.4. The van der Waals surface area contributed by atoms with E-state index in [0.29, 0.717) is 5.69 Å². The van der Waals surface area contributed by atoms with Gasteiger partial charge in [0.2, 0.25) is 0 Å². The van der Waals surface area contributed by atoms with E-state index < -0.39 is 11.9 Å². The van der Waals surface area contributed by atoms with Crippen LogP contribution in [-0.2, 0) is 4.79 Å². The molecule has 0 radical (unpaired) electrons. The first-order valence-corrected chi connectivity index (χ1v) is 8.26. The predicted octanol–water partition coefficient (Wildman–Crippen LogP) is 4.98. The Morgan fingerprint density at radius 2 is 1.42 bits per heavy atom. The Morgan fingerprint density at radius 1 is 0.846 bits per heavy atom. The van der Waals surface area contributed by atoms with E-state index in [-0.39, 0.29) is 11.7 Å². The average Bonchev–Trinajstić information content (AvgIpc) is 2.66. The number of nitrogens with one attached hydrogen (secondary N) is 2. The Bertz CT molecular complexity index is 867. The van der Waals surface area contributed by atoms with E-state index in [1.807, 2.05) is 42.5 Å². The van der Waals surface area contributed by atoms with E-state index in [0.717, 1.165) is 11.4 Å². The predicted molar refractivity (Wildman–Crippen MR) is 101 cm³/mol. The van der Waals surface area contributed by atoms with Crippen LogP contribution in [-0.4, -0.2) is 12.0 Å². The van der Waals surface area contributed by atoms with Crippen LogP contribution in [0.15, 0.2) is 78.9 Å². The van der Waals surface area contributed by atoms with Crippen molar-refractivity contribution in [3.8, 4) is 5.75 Å². The fourth-order valence-electron chi connectivity index (χ4n) is 2.35. The lowest BCUT2D eigenvalue weighted by atomic mass is 10.2. The highest BCUT2D eigenvalue weighted by atomic mass is 19.1. The van der Waals surface area contributed by atoms with Crippen molar-refractivity contribution in [2.24, 2.45) is 0 Å². The van der Waals surface area contributed by atoms with E-state index in [1.54, 1.807) is 31.2 Å². The number of hydrogen-bond acceptors (Lipinski definition) is 3. The molecular weight excluding hydrogens is 331 g/mol. The minimum absolute atomic E-state index is 0.0533. The summed E-state index contributed by atoms with van der Waals surface area (Å²) in [6.45, 7) is 1.58. The lowest BCUT2D eigenvalue weighted by molar-refractivity contribution is -0.122. The first-order chi connectivity index (χ1) is 12.6. The van der Waals surface area contributed by atoms with Crippen molar-refractivity contribution in [2.45, 2.75) is 13.0 Å². The van der Waals surface area contributed by atoms with Crippen LogP contribution in [0.25, 0.3) is 0 Å². The molecular formula is C21H19FN2O2. The number of carbonyl (C=O) groups excluding carboxylic acids is 1. The molecule has 0 aliphatic heterocycles. The Kier molecular flexibility index (Phi) is 5.49. The zero-order valence-electron chi connectivity index (χ0n) is 14.3. The Morgan fingerprint density at radius 3 is 2.12 bits per heavy atom. The second-order valence-electron chi connectivity index (χ2n) is 5.75. The van der Waals surface area contributed by atoms with Gasteiger partial charge in [-0.3, -0.25) is 4.79 Å². The number of para-hydroxylation sites is 2. The largest absolute Gasteiger partial charge is 0.478 e. The first-order valence-electron chi connectivity index (χ1n) is 8.26. The summed E-state index contributed by atoms with van der Waals surface area (Å²) in [4.78, 5) is 12.2. The van der Waals surface area contributed by atoms with Gasteiger partial charge in [-0.2, -0.15) is 0 Å². The Balaban J connectivity index is 1.58. The summed E-state index contributed by atoms with van der Waals surface area (Å²) >= 11 is 0. The molecule has 0 spiro atoms. The van der Waals surface area contributed by atoms with Gasteiger partial charge in [0.25, 0.3) is 5.91 Å². The average molecular weight is 350 g/mol. The smallest absolute Gasteiger partial charge is 0.265 e. The van der Waals surface area contributed by atoms with Crippen LogP contribution in [0.2, 0.25) is 0 Å². The quantitative estimate of drug-likeness (QED) is 0.659. The van der Waals surface area contributed by atoms with Gasteiger partial charge in [0, 0.05) is 17.1 Å². The van der Waals surface area contributed by atoms with E-state index in [1.165, 1.54) is 12.1 Å². The van der Waals surface area contributed by atoms with Crippen molar-refractivity contribution in [1.82, 2.24) is 0 Å². The molecule has 1 atom stereocenters. The van der Waals surface area contributed by atoms with Gasteiger partial charge in [0.1, 0.15) is 0 Å². The van der Waals surface area contributed by atoms with Gasteiger partial charge in [-0.15, -0.1) is 0 Å². The maximum atomic E-state index is 13.6. The molecule has 132 valence electrons. The maximum absolute atomic E-state index is 13.6. The summed E-state index contributed by atoms with van der Waals surface area (Å²) in [7, 11) is 0. The van der Waals surface area contributed by atoms with Crippen molar-refractivity contribution in [1.29, 1.82) is 0 Å². The van der Waals surface area contributed by atoms with Gasteiger partial charge in [-0.1, -0.05) is 30.3 Å². The highest BCUT2D eigenvalue weighted by Gasteiger charge is 2.16. The van der Waals surface area contributed by atoms with Gasteiger partial charge in [0.15, 0.2) is 17.7 Å².